The second kappa shape index (κ2) is 6.89. The molecule has 3 aliphatic rings. The molecular weight excluding hydrogens is 324 g/mol. The molecule has 1 aliphatic carbocycles. The molecule has 0 radical (unpaired) electrons. The Morgan fingerprint density at radius 1 is 1.26 bits per heavy atom. The van der Waals surface area contributed by atoms with Crippen LogP contribution in [-0.4, -0.2) is 40.6 Å². The van der Waals surface area contributed by atoms with Crippen LogP contribution in [0.2, 0.25) is 0 Å². The van der Waals surface area contributed by atoms with Crippen LogP contribution in [0.25, 0.3) is 0 Å². The summed E-state index contributed by atoms with van der Waals surface area (Å²) < 4.78 is 1.17. The first-order valence-corrected chi connectivity index (χ1v) is 10.5. The molecule has 2 heterocycles. The maximum absolute atomic E-state index is 13.0. The highest BCUT2D eigenvalue weighted by molar-refractivity contribution is 8.38. The van der Waals surface area contributed by atoms with E-state index < -0.39 is 0 Å². The van der Waals surface area contributed by atoms with Crippen LogP contribution in [0.3, 0.4) is 0 Å². The van der Waals surface area contributed by atoms with E-state index in [1.807, 2.05) is 30.0 Å². The van der Waals surface area contributed by atoms with Gasteiger partial charge in [0.05, 0.1) is 6.54 Å². The van der Waals surface area contributed by atoms with Gasteiger partial charge in [0, 0.05) is 30.2 Å². The number of carbonyl (C=O) groups excluding carboxylic acids is 1. The molecule has 2 aliphatic heterocycles. The number of rotatable bonds is 3. The molecule has 3 nitrogen and oxygen atoms in total. The third kappa shape index (κ3) is 3.31. The van der Waals surface area contributed by atoms with Gasteiger partial charge in [-0.1, -0.05) is 48.1 Å². The molecule has 2 atom stereocenters. The number of amides is 1. The van der Waals surface area contributed by atoms with Gasteiger partial charge in [0.25, 0.3) is 5.91 Å². The first-order chi connectivity index (χ1) is 11.3. The van der Waals surface area contributed by atoms with Crippen molar-refractivity contribution in [1.82, 2.24) is 4.90 Å². The third-order valence-electron chi connectivity index (χ3n) is 5.17. The summed E-state index contributed by atoms with van der Waals surface area (Å²) in [6.45, 7) is 2.87. The van der Waals surface area contributed by atoms with Gasteiger partial charge in [0.15, 0.2) is 0 Å². The maximum Gasteiger partial charge on any atom is 0.254 e. The zero-order chi connectivity index (χ0) is 15.6. The van der Waals surface area contributed by atoms with E-state index in [0.717, 1.165) is 54.1 Å². The molecule has 4 rings (SSSR count). The number of nitrogens with zero attached hydrogens (tertiary/aromatic N) is 2. The van der Waals surface area contributed by atoms with E-state index in [4.69, 9.17) is 0 Å². The molecule has 1 saturated heterocycles. The van der Waals surface area contributed by atoms with Crippen molar-refractivity contribution >= 4 is 33.8 Å². The number of carbonyl (C=O) groups is 1. The summed E-state index contributed by atoms with van der Waals surface area (Å²) in [5.74, 6) is 3.68. The SMILES string of the molecule is O=C(c1ccccc1CSC1=NCCS1)N1CC2CCCC2C1. The Labute approximate surface area is 146 Å². The fourth-order valence-electron chi connectivity index (χ4n) is 3.97. The Bertz CT molecular complexity index is 619. The molecule has 1 saturated carbocycles. The van der Waals surface area contributed by atoms with E-state index in [1.54, 1.807) is 11.8 Å². The zero-order valence-electron chi connectivity index (χ0n) is 13.2. The maximum atomic E-state index is 13.0. The molecule has 2 fully saturated rings. The second-order valence-corrected chi connectivity index (χ2v) is 8.91. The number of benzene rings is 1. The molecule has 23 heavy (non-hydrogen) atoms. The Hall–Kier alpha value is -0.940. The van der Waals surface area contributed by atoms with Crippen molar-refractivity contribution in [3.63, 3.8) is 0 Å². The van der Waals surface area contributed by atoms with Crippen LogP contribution >= 0.6 is 23.5 Å². The zero-order valence-corrected chi connectivity index (χ0v) is 14.9. The van der Waals surface area contributed by atoms with E-state index in [1.165, 1.54) is 23.6 Å². The van der Waals surface area contributed by atoms with Crippen LogP contribution in [0.4, 0.5) is 0 Å². The molecule has 0 N–H and O–H groups in total. The third-order valence-corrected chi connectivity index (χ3v) is 7.47. The Balaban J connectivity index is 1.46. The number of thioether (sulfide) groups is 2. The van der Waals surface area contributed by atoms with Gasteiger partial charge in [-0.2, -0.15) is 0 Å². The van der Waals surface area contributed by atoms with Crippen molar-refractivity contribution < 1.29 is 4.79 Å². The van der Waals surface area contributed by atoms with Gasteiger partial charge in [-0.15, -0.1) is 0 Å². The van der Waals surface area contributed by atoms with E-state index in [0.29, 0.717) is 0 Å². The van der Waals surface area contributed by atoms with Crippen LogP contribution in [0.5, 0.6) is 0 Å². The number of hydrogen-bond donors (Lipinski definition) is 0. The average Bonchev–Trinajstić information content (AvgIpc) is 3.29. The molecular formula is C18H22N2OS2. The Morgan fingerprint density at radius 2 is 2.04 bits per heavy atom. The monoisotopic (exact) mass is 346 g/mol. The minimum Gasteiger partial charge on any atom is -0.338 e. The molecule has 5 heteroatoms. The fourth-order valence-corrected chi connectivity index (χ4v) is 5.98. The summed E-state index contributed by atoms with van der Waals surface area (Å²) in [6.07, 6.45) is 3.97. The molecule has 122 valence electrons. The van der Waals surface area contributed by atoms with Crippen molar-refractivity contribution in [1.29, 1.82) is 0 Å². The summed E-state index contributed by atoms with van der Waals surface area (Å²) in [4.78, 5) is 19.6. The van der Waals surface area contributed by atoms with Crippen molar-refractivity contribution in [3.8, 4) is 0 Å². The Morgan fingerprint density at radius 3 is 2.78 bits per heavy atom. The minimum absolute atomic E-state index is 0.233. The summed E-state index contributed by atoms with van der Waals surface area (Å²) in [5.41, 5.74) is 2.04. The van der Waals surface area contributed by atoms with Crippen LogP contribution in [0, 0.1) is 11.8 Å². The topological polar surface area (TPSA) is 32.7 Å². The molecule has 0 bridgehead atoms. The molecule has 0 aromatic heterocycles. The predicted molar refractivity (Wildman–Crippen MR) is 99.2 cm³/mol. The van der Waals surface area contributed by atoms with E-state index in [2.05, 4.69) is 16.0 Å². The molecule has 1 aromatic rings. The van der Waals surface area contributed by atoms with E-state index >= 15 is 0 Å². The van der Waals surface area contributed by atoms with Crippen LogP contribution < -0.4 is 0 Å². The number of likely N-dealkylation sites (tertiary alicyclic amines) is 1. The molecule has 0 spiro atoms. The summed E-state index contributed by atoms with van der Waals surface area (Å²) in [7, 11) is 0. The largest absolute Gasteiger partial charge is 0.338 e. The van der Waals surface area contributed by atoms with Crippen molar-refractivity contribution in [2.75, 3.05) is 25.4 Å². The van der Waals surface area contributed by atoms with Crippen LogP contribution in [-0.2, 0) is 5.75 Å². The normalized spacial score (nSPS) is 26.4. The van der Waals surface area contributed by atoms with Crippen molar-refractivity contribution in [3.05, 3.63) is 35.4 Å². The van der Waals surface area contributed by atoms with Gasteiger partial charge >= 0.3 is 0 Å². The van der Waals surface area contributed by atoms with Gasteiger partial charge in [0.1, 0.15) is 4.38 Å². The van der Waals surface area contributed by atoms with Crippen LogP contribution in [0.15, 0.2) is 29.3 Å². The fraction of sp³-hybridized carbons (Fsp3) is 0.556. The standard InChI is InChI=1S/C18H22N2OS2/c21-17(20-10-13-5-3-6-14(13)11-20)16-7-2-1-4-15(16)12-23-18-19-8-9-22-18/h1-2,4,7,13-14H,3,5-6,8-12H2. The molecule has 1 aromatic carbocycles. The second-order valence-electron chi connectivity index (χ2n) is 6.60. The average molecular weight is 347 g/mol. The summed E-state index contributed by atoms with van der Waals surface area (Å²) in [6, 6.07) is 8.11. The van der Waals surface area contributed by atoms with E-state index in [9.17, 15) is 4.79 Å². The number of hydrogen-bond acceptors (Lipinski definition) is 4. The summed E-state index contributed by atoms with van der Waals surface area (Å²) in [5, 5.41) is 0. The lowest BCUT2D eigenvalue weighted by Crippen LogP contribution is -2.30. The summed E-state index contributed by atoms with van der Waals surface area (Å²) >= 11 is 3.60. The van der Waals surface area contributed by atoms with Crippen molar-refractivity contribution in [2.24, 2.45) is 16.8 Å². The van der Waals surface area contributed by atoms with Gasteiger partial charge in [0.2, 0.25) is 0 Å². The van der Waals surface area contributed by atoms with Crippen LogP contribution in [0.1, 0.15) is 35.2 Å². The lowest BCUT2D eigenvalue weighted by atomic mass is 10.0. The first kappa shape index (κ1) is 15.6. The predicted octanol–water partition coefficient (Wildman–Crippen LogP) is 3.89. The molecule has 1 amide bonds. The highest BCUT2D eigenvalue weighted by Gasteiger charge is 2.38. The Kier molecular flexibility index (Phi) is 4.67. The lowest BCUT2D eigenvalue weighted by Gasteiger charge is -2.19. The smallest absolute Gasteiger partial charge is 0.254 e. The van der Waals surface area contributed by atoms with Gasteiger partial charge < -0.3 is 4.90 Å². The highest BCUT2D eigenvalue weighted by Crippen LogP contribution is 2.38. The number of fused-ring (bicyclic) bond motifs is 1. The highest BCUT2D eigenvalue weighted by atomic mass is 32.2. The van der Waals surface area contributed by atoms with Gasteiger partial charge in [-0.3, -0.25) is 9.79 Å². The number of aliphatic imine (C=N–C) groups is 1. The lowest BCUT2D eigenvalue weighted by molar-refractivity contribution is 0.0780. The molecule has 2 unspecified atom stereocenters. The minimum atomic E-state index is 0.233. The van der Waals surface area contributed by atoms with Gasteiger partial charge in [-0.05, 0) is 36.3 Å². The van der Waals surface area contributed by atoms with Crippen molar-refractivity contribution in [2.45, 2.75) is 25.0 Å². The first-order valence-electron chi connectivity index (χ1n) is 8.48. The van der Waals surface area contributed by atoms with Gasteiger partial charge in [-0.25, -0.2) is 0 Å². The quantitative estimate of drug-likeness (QED) is 0.832. The van der Waals surface area contributed by atoms with E-state index in [-0.39, 0.29) is 5.91 Å².